The Labute approximate surface area is 119 Å². The second-order valence-corrected chi connectivity index (χ2v) is 7.56. The van der Waals surface area contributed by atoms with Gasteiger partial charge in [0.25, 0.3) is 0 Å². The Bertz CT molecular complexity index is 434. The minimum Gasteiger partial charge on any atom is -0.312 e. The first-order chi connectivity index (χ1) is 8.26. The summed E-state index contributed by atoms with van der Waals surface area (Å²) in [6.45, 7) is 13.7. The summed E-state index contributed by atoms with van der Waals surface area (Å²) >= 11 is 3.54. The molecule has 18 heavy (non-hydrogen) atoms. The fraction of sp³-hybridized carbons (Fsp3) is 0.625. The number of rotatable bonds is 4. The number of hydrogen-bond acceptors (Lipinski definition) is 1. The summed E-state index contributed by atoms with van der Waals surface area (Å²) in [4.78, 5) is 0. The maximum Gasteiger partial charge on any atom is 0.0205 e. The lowest BCUT2D eigenvalue weighted by Crippen LogP contribution is -2.18. The Morgan fingerprint density at radius 3 is 2.28 bits per heavy atom. The number of aryl methyl sites for hydroxylation is 1. The van der Waals surface area contributed by atoms with Crippen molar-refractivity contribution < 1.29 is 0 Å². The van der Waals surface area contributed by atoms with Crippen molar-refractivity contribution in [3.05, 3.63) is 33.8 Å². The van der Waals surface area contributed by atoms with E-state index in [9.17, 15) is 0 Å². The van der Waals surface area contributed by atoms with Crippen LogP contribution in [-0.2, 0) is 6.54 Å². The van der Waals surface area contributed by atoms with Crippen molar-refractivity contribution in [3.63, 3.8) is 0 Å². The first-order valence-corrected chi connectivity index (χ1v) is 7.52. The smallest absolute Gasteiger partial charge is 0.0205 e. The van der Waals surface area contributed by atoms with E-state index in [0.29, 0.717) is 10.8 Å². The van der Waals surface area contributed by atoms with Gasteiger partial charge in [-0.05, 0) is 47.4 Å². The molecule has 0 heterocycles. The Kier molecular flexibility index (Phi) is 3.63. The van der Waals surface area contributed by atoms with Gasteiger partial charge < -0.3 is 5.32 Å². The second-order valence-electron chi connectivity index (χ2n) is 6.71. The molecule has 0 unspecified atom stereocenters. The summed E-state index contributed by atoms with van der Waals surface area (Å²) in [6.07, 6.45) is 0. The van der Waals surface area contributed by atoms with Gasteiger partial charge in [0.15, 0.2) is 0 Å². The van der Waals surface area contributed by atoms with Crippen LogP contribution in [0.25, 0.3) is 0 Å². The Balaban J connectivity index is 1.85. The molecule has 2 heteroatoms. The molecule has 0 saturated heterocycles. The number of hydrogen-bond donors (Lipinski definition) is 1. The summed E-state index contributed by atoms with van der Waals surface area (Å²) in [5, 5.41) is 3.61. The van der Waals surface area contributed by atoms with E-state index in [1.165, 1.54) is 15.6 Å². The fourth-order valence-electron chi connectivity index (χ4n) is 3.02. The quantitative estimate of drug-likeness (QED) is 0.861. The molecule has 0 amide bonds. The average molecular weight is 310 g/mol. The van der Waals surface area contributed by atoms with Crippen LogP contribution in [0.4, 0.5) is 0 Å². The zero-order chi connectivity index (χ0) is 13.6. The molecule has 1 aromatic rings. The van der Waals surface area contributed by atoms with E-state index in [0.717, 1.165) is 19.0 Å². The fourth-order valence-corrected chi connectivity index (χ4v) is 3.27. The highest BCUT2D eigenvalue weighted by Crippen LogP contribution is 2.67. The van der Waals surface area contributed by atoms with Crippen molar-refractivity contribution in [2.24, 2.45) is 16.7 Å². The van der Waals surface area contributed by atoms with Crippen molar-refractivity contribution in [2.75, 3.05) is 6.54 Å². The molecule has 1 fully saturated rings. The van der Waals surface area contributed by atoms with Gasteiger partial charge in [-0.2, -0.15) is 0 Å². The van der Waals surface area contributed by atoms with E-state index in [2.05, 4.69) is 74.1 Å². The molecule has 2 rings (SSSR count). The summed E-state index contributed by atoms with van der Waals surface area (Å²) in [7, 11) is 0. The van der Waals surface area contributed by atoms with Crippen LogP contribution in [-0.4, -0.2) is 6.54 Å². The van der Waals surface area contributed by atoms with Gasteiger partial charge in [-0.25, -0.2) is 0 Å². The standard InChI is InChI=1S/C16H24BrN/c1-11-8-12(6-7-13(11)17)9-18-10-14-15(2,3)16(14,4)5/h6-8,14,18H,9-10H2,1-5H3. The largest absolute Gasteiger partial charge is 0.312 e. The van der Waals surface area contributed by atoms with Gasteiger partial charge in [0.1, 0.15) is 0 Å². The third-order valence-corrected chi connectivity index (χ3v) is 6.11. The average Bonchev–Trinajstić information content (AvgIpc) is 2.65. The normalized spacial score (nSPS) is 21.0. The number of benzene rings is 1. The highest BCUT2D eigenvalue weighted by atomic mass is 79.9. The molecule has 100 valence electrons. The lowest BCUT2D eigenvalue weighted by molar-refractivity contribution is 0.457. The predicted molar refractivity (Wildman–Crippen MR) is 81.6 cm³/mol. The van der Waals surface area contributed by atoms with Gasteiger partial charge in [0.05, 0.1) is 0 Å². The van der Waals surface area contributed by atoms with Crippen LogP contribution in [0.15, 0.2) is 22.7 Å². The van der Waals surface area contributed by atoms with Gasteiger partial charge in [-0.3, -0.25) is 0 Å². The maximum absolute atomic E-state index is 3.61. The Morgan fingerprint density at radius 1 is 1.17 bits per heavy atom. The lowest BCUT2D eigenvalue weighted by Gasteiger charge is -2.08. The molecular formula is C16H24BrN. The molecule has 1 aromatic carbocycles. The first-order valence-electron chi connectivity index (χ1n) is 6.72. The van der Waals surface area contributed by atoms with E-state index in [1.54, 1.807) is 0 Å². The van der Waals surface area contributed by atoms with Crippen LogP contribution in [0.2, 0.25) is 0 Å². The molecule has 0 aliphatic heterocycles. The molecule has 0 bridgehead atoms. The third kappa shape index (κ3) is 2.37. The van der Waals surface area contributed by atoms with E-state index in [-0.39, 0.29) is 0 Å². The van der Waals surface area contributed by atoms with Crippen LogP contribution in [0, 0.1) is 23.7 Å². The van der Waals surface area contributed by atoms with Crippen molar-refractivity contribution in [1.29, 1.82) is 0 Å². The minimum atomic E-state index is 0.482. The zero-order valence-electron chi connectivity index (χ0n) is 12.1. The van der Waals surface area contributed by atoms with Gasteiger partial charge in [0.2, 0.25) is 0 Å². The van der Waals surface area contributed by atoms with Crippen LogP contribution in [0.1, 0.15) is 38.8 Å². The van der Waals surface area contributed by atoms with Crippen molar-refractivity contribution in [1.82, 2.24) is 5.32 Å². The van der Waals surface area contributed by atoms with E-state index >= 15 is 0 Å². The van der Waals surface area contributed by atoms with Crippen LogP contribution < -0.4 is 5.32 Å². The summed E-state index contributed by atoms with van der Waals surface area (Å²) in [5.41, 5.74) is 3.64. The molecular weight excluding hydrogens is 286 g/mol. The topological polar surface area (TPSA) is 12.0 Å². The maximum atomic E-state index is 3.61. The lowest BCUT2D eigenvalue weighted by atomic mass is 10.0. The van der Waals surface area contributed by atoms with Gasteiger partial charge in [-0.1, -0.05) is 55.8 Å². The summed E-state index contributed by atoms with van der Waals surface area (Å²) < 4.78 is 1.19. The monoisotopic (exact) mass is 309 g/mol. The third-order valence-electron chi connectivity index (χ3n) is 5.22. The van der Waals surface area contributed by atoms with Crippen molar-refractivity contribution in [2.45, 2.75) is 41.2 Å². The summed E-state index contributed by atoms with van der Waals surface area (Å²) in [5.74, 6) is 0.793. The van der Waals surface area contributed by atoms with Crippen LogP contribution in [0.5, 0.6) is 0 Å². The molecule has 0 spiro atoms. The molecule has 1 saturated carbocycles. The molecule has 0 radical (unpaired) electrons. The van der Waals surface area contributed by atoms with Crippen LogP contribution in [0.3, 0.4) is 0 Å². The summed E-state index contributed by atoms with van der Waals surface area (Å²) in [6, 6.07) is 6.57. The zero-order valence-corrected chi connectivity index (χ0v) is 13.7. The highest BCUT2D eigenvalue weighted by molar-refractivity contribution is 9.10. The van der Waals surface area contributed by atoms with Crippen LogP contribution >= 0.6 is 15.9 Å². The first kappa shape index (κ1) is 14.1. The molecule has 1 N–H and O–H groups in total. The molecule has 1 aliphatic rings. The van der Waals surface area contributed by atoms with E-state index in [1.807, 2.05) is 0 Å². The van der Waals surface area contributed by atoms with Crippen molar-refractivity contribution in [3.8, 4) is 0 Å². The van der Waals surface area contributed by atoms with Gasteiger partial charge in [-0.15, -0.1) is 0 Å². The SMILES string of the molecule is Cc1cc(CNCC2C(C)(C)C2(C)C)ccc1Br. The molecule has 0 aromatic heterocycles. The predicted octanol–water partition coefficient (Wildman–Crippen LogP) is 4.53. The van der Waals surface area contributed by atoms with Gasteiger partial charge >= 0.3 is 0 Å². The second kappa shape index (κ2) is 4.64. The van der Waals surface area contributed by atoms with Crippen molar-refractivity contribution >= 4 is 15.9 Å². The minimum absolute atomic E-state index is 0.482. The Hall–Kier alpha value is -0.340. The Morgan fingerprint density at radius 2 is 1.78 bits per heavy atom. The molecule has 1 nitrogen and oxygen atoms in total. The van der Waals surface area contributed by atoms with Gasteiger partial charge in [0, 0.05) is 11.0 Å². The highest BCUT2D eigenvalue weighted by Gasteiger charge is 2.63. The number of halogens is 1. The van der Waals surface area contributed by atoms with E-state index < -0.39 is 0 Å². The van der Waals surface area contributed by atoms with E-state index in [4.69, 9.17) is 0 Å². The number of nitrogens with one attached hydrogen (secondary N) is 1. The molecule has 0 atom stereocenters. The molecule has 1 aliphatic carbocycles.